The molecule has 2 heterocycles. The van der Waals surface area contributed by atoms with Crippen molar-refractivity contribution < 1.29 is 9.59 Å². The van der Waals surface area contributed by atoms with Crippen LogP contribution in [0.15, 0.2) is 84.0 Å². The third kappa shape index (κ3) is 4.70. The van der Waals surface area contributed by atoms with Gasteiger partial charge in [0, 0.05) is 23.7 Å². The second-order valence-corrected chi connectivity index (χ2v) is 9.46. The van der Waals surface area contributed by atoms with Gasteiger partial charge in [0.1, 0.15) is 0 Å². The van der Waals surface area contributed by atoms with Gasteiger partial charge in [0.2, 0.25) is 11.8 Å². The van der Waals surface area contributed by atoms with Gasteiger partial charge in [-0.25, -0.2) is 0 Å². The molecule has 0 saturated heterocycles. The van der Waals surface area contributed by atoms with E-state index in [-0.39, 0.29) is 30.0 Å². The summed E-state index contributed by atoms with van der Waals surface area (Å²) >= 11 is 1.34. The molecular formula is C27H25N5O2S. The van der Waals surface area contributed by atoms with Crippen LogP contribution in [0.5, 0.6) is 0 Å². The van der Waals surface area contributed by atoms with Crippen molar-refractivity contribution in [1.29, 1.82) is 0 Å². The van der Waals surface area contributed by atoms with E-state index in [1.54, 1.807) is 4.90 Å². The van der Waals surface area contributed by atoms with E-state index in [0.717, 1.165) is 22.6 Å². The van der Waals surface area contributed by atoms with Crippen LogP contribution < -0.4 is 10.2 Å². The SMILES string of the molecule is Cc1cccc(-c2nnc(SCC(=O)N3c4ccccc4NC(=O)C[C@@H]3C)n2-c2ccccc2)c1. The molecule has 0 unspecified atom stereocenters. The molecule has 1 N–H and O–H groups in total. The minimum absolute atomic E-state index is 0.0915. The Morgan fingerprint density at radius 3 is 2.60 bits per heavy atom. The van der Waals surface area contributed by atoms with E-state index in [1.165, 1.54) is 11.8 Å². The van der Waals surface area contributed by atoms with Crippen LogP contribution in [-0.4, -0.2) is 38.4 Å². The zero-order chi connectivity index (χ0) is 24.4. The van der Waals surface area contributed by atoms with Crippen molar-refractivity contribution in [3.8, 4) is 17.1 Å². The Morgan fingerprint density at radius 2 is 1.80 bits per heavy atom. The van der Waals surface area contributed by atoms with E-state index in [9.17, 15) is 9.59 Å². The van der Waals surface area contributed by atoms with Crippen LogP contribution in [-0.2, 0) is 9.59 Å². The fraction of sp³-hybridized carbons (Fsp3) is 0.185. The average Bonchev–Trinajstić information content (AvgIpc) is 3.23. The molecule has 176 valence electrons. The Kier molecular flexibility index (Phi) is 6.37. The number of nitrogens with one attached hydrogen (secondary N) is 1. The number of carbonyl (C=O) groups excluding carboxylic acids is 2. The minimum atomic E-state index is -0.262. The third-order valence-electron chi connectivity index (χ3n) is 5.88. The summed E-state index contributed by atoms with van der Waals surface area (Å²) in [6.07, 6.45) is 0.239. The molecular weight excluding hydrogens is 458 g/mol. The fourth-order valence-electron chi connectivity index (χ4n) is 4.31. The first kappa shape index (κ1) is 22.9. The monoisotopic (exact) mass is 483 g/mol. The highest BCUT2D eigenvalue weighted by Gasteiger charge is 2.30. The number of aromatic nitrogens is 3. The smallest absolute Gasteiger partial charge is 0.237 e. The van der Waals surface area contributed by atoms with E-state index < -0.39 is 0 Å². The van der Waals surface area contributed by atoms with E-state index >= 15 is 0 Å². The molecule has 0 spiro atoms. The van der Waals surface area contributed by atoms with Gasteiger partial charge in [-0.3, -0.25) is 14.2 Å². The quantitative estimate of drug-likeness (QED) is 0.400. The molecule has 4 aromatic rings. The number of para-hydroxylation sites is 3. The number of thioether (sulfide) groups is 1. The van der Waals surface area contributed by atoms with E-state index in [1.807, 2.05) is 91.2 Å². The van der Waals surface area contributed by atoms with Gasteiger partial charge in [-0.05, 0) is 44.2 Å². The van der Waals surface area contributed by atoms with Crippen LogP contribution in [0.25, 0.3) is 17.1 Å². The van der Waals surface area contributed by atoms with Gasteiger partial charge < -0.3 is 10.2 Å². The topological polar surface area (TPSA) is 80.1 Å². The molecule has 0 radical (unpaired) electrons. The molecule has 2 amide bonds. The molecule has 5 rings (SSSR count). The molecule has 1 aliphatic rings. The van der Waals surface area contributed by atoms with Crippen molar-refractivity contribution in [1.82, 2.24) is 14.8 Å². The third-order valence-corrected chi connectivity index (χ3v) is 6.79. The number of hydrogen-bond acceptors (Lipinski definition) is 5. The number of hydrogen-bond donors (Lipinski definition) is 1. The highest BCUT2D eigenvalue weighted by molar-refractivity contribution is 7.99. The van der Waals surface area contributed by atoms with Crippen molar-refractivity contribution in [2.75, 3.05) is 16.0 Å². The van der Waals surface area contributed by atoms with Crippen LogP contribution in [0.1, 0.15) is 18.9 Å². The first-order valence-electron chi connectivity index (χ1n) is 11.4. The minimum Gasteiger partial charge on any atom is -0.324 e. The Bertz CT molecular complexity index is 1390. The first-order valence-corrected chi connectivity index (χ1v) is 12.4. The fourth-order valence-corrected chi connectivity index (χ4v) is 5.12. The summed E-state index contributed by atoms with van der Waals surface area (Å²) in [7, 11) is 0. The maximum absolute atomic E-state index is 13.5. The van der Waals surface area contributed by atoms with Crippen LogP contribution in [0, 0.1) is 6.92 Å². The van der Waals surface area contributed by atoms with Gasteiger partial charge in [0.05, 0.1) is 17.1 Å². The summed E-state index contributed by atoms with van der Waals surface area (Å²) < 4.78 is 1.98. The number of carbonyl (C=O) groups is 2. The highest BCUT2D eigenvalue weighted by atomic mass is 32.2. The van der Waals surface area contributed by atoms with Gasteiger partial charge in [-0.2, -0.15) is 0 Å². The van der Waals surface area contributed by atoms with Crippen molar-refractivity contribution in [3.05, 3.63) is 84.4 Å². The lowest BCUT2D eigenvalue weighted by atomic mass is 10.1. The molecule has 7 nitrogen and oxygen atoms in total. The lowest BCUT2D eigenvalue weighted by Gasteiger charge is -2.27. The largest absolute Gasteiger partial charge is 0.324 e. The molecule has 0 saturated carbocycles. The Morgan fingerprint density at radius 1 is 1.03 bits per heavy atom. The van der Waals surface area contributed by atoms with Gasteiger partial charge in [0.25, 0.3) is 0 Å². The summed E-state index contributed by atoms with van der Waals surface area (Å²) in [5.74, 6) is 0.690. The number of rotatable bonds is 5. The molecule has 0 aliphatic carbocycles. The molecule has 35 heavy (non-hydrogen) atoms. The maximum Gasteiger partial charge on any atom is 0.237 e. The average molecular weight is 484 g/mol. The molecule has 1 atom stereocenters. The molecule has 1 aliphatic heterocycles. The lowest BCUT2D eigenvalue weighted by molar-refractivity contribution is -0.117. The van der Waals surface area contributed by atoms with Crippen LogP contribution in [0.3, 0.4) is 0 Å². The van der Waals surface area contributed by atoms with Gasteiger partial charge in [0.15, 0.2) is 11.0 Å². The summed E-state index contributed by atoms with van der Waals surface area (Å²) in [5.41, 5.74) is 4.37. The van der Waals surface area contributed by atoms with Gasteiger partial charge in [-0.15, -0.1) is 10.2 Å². The van der Waals surface area contributed by atoms with Crippen LogP contribution in [0.2, 0.25) is 0 Å². The van der Waals surface area contributed by atoms with Crippen molar-refractivity contribution in [3.63, 3.8) is 0 Å². The summed E-state index contributed by atoms with van der Waals surface area (Å²) in [4.78, 5) is 27.5. The van der Waals surface area contributed by atoms with Crippen LogP contribution >= 0.6 is 11.8 Å². The molecule has 8 heteroatoms. The van der Waals surface area contributed by atoms with Crippen molar-refractivity contribution >= 4 is 35.0 Å². The maximum atomic E-state index is 13.5. The number of nitrogens with zero attached hydrogens (tertiary/aromatic N) is 4. The molecule has 3 aromatic carbocycles. The van der Waals surface area contributed by atoms with E-state index in [0.29, 0.717) is 16.5 Å². The van der Waals surface area contributed by atoms with E-state index in [2.05, 4.69) is 21.6 Å². The normalized spacial score (nSPS) is 15.3. The Hall–Kier alpha value is -3.91. The Balaban J connectivity index is 1.46. The summed E-state index contributed by atoms with van der Waals surface area (Å²) in [5, 5.41) is 12.5. The first-order chi connectivity index (χ1) is 17.0. The summed E-state index contributed by atoms with van der Waals surface area (Å²) in [6, 6.07) is 25.2. The number of benzene rings is 3. The lowest BCUT2D eigenvalue weighted by Crippen LogP contribution is -2.40. The highest BCUT2D eigenvalue weighted by Crippen LogP contribution is 2.33. The number of anilines is 2. The Labute approximate surface area is 208 Å². The zero-order valence-corrected chi connectivity index (χ0v) is 20.3. The van der Waals surface area contributed by atoms with Gasteiger partial charge >= 0.3 is 0 Å². The second-order valence-electron chi connectivity index (χ2n) is 8.52. The predicted molar refractivity (Wildman–Crippen MR) is 139 cm³/mol. The van der Waals surface area contributed by atoms with Crippen molar-refractivity contribution in [2.45, 2.75) is 31.5 Å². The van der Waals surface area contributed by atoms with Crippen molar-refractivity contribution in [2.24, 2.45) is 0 Å². The zero-order valence-electron chi connectivity index (χ0n) is 19.5. The standard InChI is InChI=1S/C27H25N5O2S/c1-18-9-8-10-20(15-18)26-29-30-27(32(26)21-11-4-3-5-12-21)35-17-25(34)31-19(2)16-24(33)28-22-13-6-7-14-23(22)31/h3-15,19H,16-17H2,1-2H3,(H,28,33)/t19-/m0/s1. The number of fused-ring (bicyclic) bond motifs is 1. The molecule has 0 bridgehead atoms. The molecule has 1 aromatic heterocycles. The van der Waals surface area contributed by atoms with Gasteiger partial charge in [-0.1, -0.05) is 65.9 Å². The second kappa shape index (κ2) is 9.76. The number of amides is 2. The van der Waals surface area contributed by atoms with Crippen LogP contribution in [0.4, 0.5) is 11.4 Å². The predicted octanol–water partition coefficient (Wildman–Crippen LogP) is 5.10. The van der Waals surface area contributed by atoms with E-state index in [4.69, 9.17) is 0 Å². The summed E-state index contributed by atoms with van der Waals surface area (Å²) in [6.45, 7) is 3.94. The number of aryl methyl sites for hydroxylation is 1. The molecule has 0 fully saturated rings.